The molecule has 4 heteroatoms. The molecule has 19 heavy (non-hydrogen) atoms. The molecule has 0 aliphatic rings. The van der Waals surface area contributed by atoms with E-state index in [2.05, 4.69) is 58.7 Å². The Morgan fingerprint density at radius 2 is 2.16 bits per heavy atom. The zero-order chi connectivity index (χ0) is 13.8. The summed E-state index contributed by atoms with van der Waals surface area (Å²) < 4.78 is 7.01. The van der Waals surface area contributed by atoms with Crippen LogP contribution in [-0.4, -0.2) is 7.05 Å². The maximum atomic E-state index is 5.89. The molecule has 2 nitrogen and oxygen atoms in total. The summed E-state index contributed by atoms with van der Waals surface area (Å²) in [6.07, 6.45) is 0. The number of hydrogen-bond acceptors (Lipinski definition) is 3. The first-order chi connectivity index (χ1) is 9.11. The molecule has 0 saturated carbocycles. The van der Waals surface area contributed by atoms with Crippen LogP contribution in [-0.2, 0) is 6.61 Å². The van der Waals surface area contributed by atoms with E-state index < -0.39 is 0 Å². The predicted molar refractivity (Wildman–Crippen MR) is 85.0 cm³/mol. The van der Waals surface area contributed by atoms with Crippen molar-refractivity contribution >= 4 is 27.3 Å². The highest BCUT2D eigenvalue weighted by molar-refractivity contribution is 9.10. The van der Waals surface area contributed by atoms with Gasteiger partial charge in [-0.25, -0.2) is 0 Å². The summed E-state index contributed by atoms with van der Waals surface area (Å²) in [5.41, 5.74) is 2.46. The lowest BCUT2D eigenvalue weighted by molar-refractivity contribution is 0.307. The summed E-state index contributed by atoms with van der Waals surface area (Å²) in [5.74, 6) is 0.951. The smallest absolute Gasteiger partial charge is 0.124 e. The molecule has 102 valence electrons. The summed E-state index contributed by atoms with van der Waals surface area (Å²) in [7, 11) is 1.97. The summed E-state index contributed by atoms with van der Waals surface area (Å²) >= 11 is 5.22. The van der Waals surface area contributed by atoms with E-state index in [1.807, 2.05) is 13.1 Å². The van der Waals surface area contributed by atoms with Gasteiger partial charge in [0.25, 0.3) is 0 Å². The molecule has 1 heterocycles. The fourth-order valence-electron chi connectivity index (χ4n) is 1.84. The number of hydrogen-bond donors (Lipinski definition) is 1. The largest absolute Gasteiger partial charge is 0.488 e. The van der Waals surface area contributed by atoms with Crippen LogP contribution < -0.4 is 10.1 Å². The van der Waals surface area contributed by atoms with Crippen molar-refractivity contribution < 1.29 is 4.74 Å². The molecule has 1 aromatic carbocycles. The van der Waals surface area contributed by atoms with Crippen LogP contribution >= 0.6 is 27.3 Å². The topological polar surface area (TPSA) is 21.3 Å². The Kier molecular flexibility index (Phi) is 5.02. The molecule has 1 unspecified atom stereocenters. The van der Waals surface area contributed by atoms with E-state index in [0.717, 1.165) is 10.2 Å². The first kappa shape index (κ1) is 14.6. The summed E-state index contributed by atoms with van der Waals surface area (Å²) in [6.45, 7) is 4.85. The summed E-state index contributed by atoms with van der Waals surface area (Å²) in [5, 5.41) is 5.31. The van der Waals surface area contributed by atoms with Crippen molar-refractivity contribution in [1.82, 2.24) is 5.32 Å². The predicted octanol–water partition coefficient (Wildman–Crippen LogP) is 4.68. The van der Waals surface area contributed by atoms with Crippen LogP contribution in [0.5, 0.6) is 5.75 Å². The minimum Gasteiger partial charge on any atom is -0.488 e. The molecule has 0 spiro atoms. The van der Waals surface area contributed by atoms with Crippen molar-refractivity contribution in [2.45, 2.75) is 26.5 Å². The van der Waals surface area contributed by atoms with Gasteiger partial charge in [0.1, 0.15) is 12.4 Å². The Bertz CT molecular complexity index is 553. The highest BCUT2D eigenvalue weighted by Crippen LogP contribution is 2.27. The maximum absolute atomic E-state index is 5.89. The Hall–Kier alpha value is -0.840. The van der Waals surface area contributed by atoms with Crippen molar-refractivity contribution in [3.8, 4) is 5.75 Å². The standard InChI is InChI=1S/C15H18BrNOS/c1-10-8-12(11(2)17-3)4-5-14(10)18-9-15-13(16)6-7-19-15/h4-8,11,17H,9H2,1-3H3. The van der Waals surface area contributed by atoms with Crippen LogP contribution in [0.2, 0.25) is 0 Å². The van der Waals surface area contributed by atoms with Gasteiger partial charge in [0.05, 0.1) is 4.88 Å². The minimum absolute atomic E-state index is 0.360. The number of benzene rings is 1. The van der Waals surface area contributed by atoms with Crippen LogP contribution in [0.25, 0.3) is 0 Å². The third kappa shape index (κ3) is 3.59. The lowest BCUT2D eigenvalue weighted by Gasteiger charge is -2.14. The Morgan fingerprint density at radius 1 is 1.37 bits per heavy atom. The van der Waals surface area contributed by atoms with Crippen LogP contribution in [0.3, 0.4) is 0 Å². The van der Waals surface area contributed by atoms with Gasteiger partial charge in [-0.1, -0.05) is 12.1 Å². The quantitative estimate of drug-likeness (QED) is 0.853. The second-order valence-corrected chi connectivity index (χ2v) is 6.37. The van der Waals surface area contributed by atoms with Crippen molar-refractivity contribution in [1.29, 1.82) is 0 Å². The van der Waals surface area contributed by atoms with Gasteiger partial charge in [0, 0.05) is 10.5 Å². The molecule has 0 aliphatic carbocycles. The van der Waals surface area contributed by atoms with Gasteiger partial charge in [-0.15, -0.1) is 11.3 Å². The molecule has 2 rings (SSSR count). The SMILES string of the molecule is CNC(C)c1ccc(OCc2sccc2Br)c(C)c1. The number of thiophene rings is 1. The number of nitrogens with one attached hydrogen (secondary N) is 1. The van der Waals surface area contributed by atoms with E-state index in [0.29, 0.717) is 12.6 Å². The molecule has 0 saturated heterocycles. The normalized spacial score (nSPS) is 12.4. The third-order valence-corrected chi connectivity index (χ3v) is 5.08. The van der Waals surface area contributed by atoms with Crippen LogP contribution in [0.1, 0.15) is 29.0 Å². The van der Waals surface area contributed by atoms with E-state index >= 15 is 0 Å². The number of halogens is 1. The van der Waals surface area contributed by atoms with E-state index in [1.54, 1.807) is 11.3 Å². The van der Waals surface area contributed by atoms with E-state index in [9.17, 15) is 0 Å². The second-order valence-electron chi connectivity index (χ2n) is 4.52. The first-order valence-corrected chi connectivity index (χ1v) is 7.91. The van der Waals surface area contributed by atoms with Gasteiger partial charge >= 0.3 is 0 Å². The second kappa shape index (κ2) is 6.55. The Balaban J connectivity index is 2.07. The van der Waals surface area contributed by atoms with Gasteiger partial charge in [-0.3, -0.25) is 0 Å². The summed E-state index contributed by atoms with van der Waals surface area (Å²) in [6, 6.07) is 8.76. The average molecular weight is 340 g/mol. The molecular formula is C15H18BrNOS. The van der Waals surface area contributed by atoms with Gasteiger partial charge < -0.3 is 10.1 Å². The molecule has 0 aliphatic heterocycles. The van der Waals surface area contributed by atoms with Crippen molar-refractivity contribution in [2.24, 2.45) is 0 Å². The van der Waals surface area contributed by atoms with Gasteiger partial charge in [0.15, 0.2) is 0 Å². The van der Waals surface area contributed by atoms with Crippen LogP contribution in [0.15, 0.2) is 34.1 Å². The number of aryl methyl sites for hydroxylation is 1. The summed E-state index contributed by atoms with van der Waals surface area (Å²) in [4.78, 5) is 1.21. The Morgan fingerprint density at radius 3 is 2.74 bits per heavy atom. The first-order valence-electron chi connectivity index (χ1n) is 6.24. The highest BCUT2D eigenvalue weighted by Gasteiger charge is 2.07. The molecule has 1 aromatic heterocycles. The molecule has 1 atom stereocenters. The molecule has 0 fully saturated rings. The van der Waals surface area contributed by atoms with E-state index in [-0.39, 0.29) is 0 Å². The fourth-order valence-corrected chi connectivity index (χ4v) is 3.22. The average Bonchev–Trinajstić information content (AvgIpc) is 2.82. The monoisotopic (exact) mass is 339 g/mol. The molecule has 2 aromatic rings. The van der Waals surface area contributed by atoms with Gasteiger partial charge in [0.2, 0.25) is 0 Å². The zero-order valence-electron chi connectivity index (χ0n) is 11.4. The van der Waals surface area contributed by atoms with Crippen LogP contribution in [0.4, 0.5) is 0 Å². The third-order valence-electron chi connectivity index (χ3n) is 3.18. The lowest BCUT2D eigenvalue weighted by atomic mass is 10.1. The van der Waals surface area contributed by atoms with E-state index in [4.69, 9.17) is 4.74 Å². The van der Waals surface area contributed by atoms with Gasteiger partial charge in [-0.2, -0.15) is 0 Å². The minimum atomic E-state index is 0.360. The molecule has 0 amide bonds. The lowest BCUT2D eigenvalue weighted by Crippen LogP contribution is -2.12. The van der Waals surface area contributed by atoms with E-state index in [1.165, 1.54) is 16.0 Å². The fraction of sp³-hybridized carbons (Fsp3) is 0.333. The molecular weight excluding hydrogens is 322 g/mol. The van der Waals surface area contributed by atoms with Crippen molar-refractivity contribution in [2.75, 3.05) is 7.05 Å². The molecule has 0 bridgehead atoms. The maximum Gasteiger partial charge on any atom is 0.124 e. The Labute approximate surface area is 126 Å². The van der Waals surface area contributed by atoms with Crippen LogP contribution in [0, 0.1) is 6.92 Å². The molecule has 1 N–H and O–H groups in total. The van der Waals surface area contributed by atoms with Crippen molar-refractivity contribution in [3.63, 3.8) is 0 Å². The van der Waals surface area contributed by atoms with Crippen molar-refractivity contribution in [3.05, 3.63) is 50.1 Å². The molecule has 0 radical (unpaired) electrons. The number of ether oxygens (including phenoxy) is 1. The number of rotatable bonds is 5. The highest BCUT2D eigenvalue weighted by atomic mass is 79.9. The van der Waals surface area contributed by atoms with Gasteiger partial charge in [-0.05, 0) is 65.5 Å². The zero-order valence-corrected chi connectivity index (χ0v) is 13.8.